The van der Waals surface area contributed by atoms with E-state index in [2.05, 4.69) is 41.1 Å². The molecule has 166 valence electrons. The number of hydrogen-bond donors (Lipinski definition) is 0. The minimum atomic E-state index is -0.234. The lowest BCUT2D eigenvalue weighted by Gasteiger charge is -2.23. The minimum Gasteiger partial charge on any atom is -0.461 e. The van der Waals surface area contributed by atoms with Crippen molar-refractivity contribution in [3.05, 3.63) is 90.3 Å². The van der Waals surface area contributed by atoms with Gasteiger partial charge in [0.15, 0.2) is 16.7 Å². The summed E-state index contributed by atoms with van der Waals surface area (Å²) in [6, 6.07) is 21.8. The maximum atomic E-state index is 13.0. The fraction of sp³-hybridized carbons (Fsp3) is 0.192. The van der Waals surface area contributed by atoms with Gasteiger partial charge in [0.05, 0.1) is 12.0 Å². The second-order valence-electron chi connectivity index (χ2n) is 8.44. The van der Waals surface area contributed by atoms with Gasteiger partial charge in [0, 0.05) is 35.6 Å². The molecule has 0 unspecified atom stereocenters. The molecule has 1 aliphatic heterocycles. The van der Waals surface area contributed by atoms with Gasteiger partial charge in [-0.05, 0) is 35.9 Å². The zero-order valence-electron chi connectivity index (χ0n) is 18.7. The lowest BCUT2D eigenvalue weighted by Crippen LogP contribution is -2.24. The molecule has 4 aromatic rings. The molecule has 0 bridgehead atoms. The summed E-state index contributed by atoms with van der Waals surface area (Å²) in [5.41, 5.74) is 4.04. The van der Waals surface area contributed by atoms with Crippen molar-refractivity contribution < 1.29 is 9.21 Å². The fourth-order valence-electron chi connectivity index (χ4n) is 4.33. The van der Waals surface area contributed by atoms with E-state index in [4.69, 9.17) is 4.42 Å². The van der Waals surface area contributed by atoms with Crippen molar-refractivity contribution in [2.45, 2.75) is 24.4 Å². The first-order valence-electron chi connectivity index (χ1n) is 10.7. The topological polar surface area (TPSA) is 64.2 Å². The van der Waals surface area contributed by atoms with Crippen LogP contribution in [0.1, 0.15) is 19.4 Å². The summed E-state index contributed by atoms with van der Waals surface area (Å²) >= 11 is 1.37. The van der Waals surface area contributed by atoms with Crippen LogP contribution in [0.4, 0.5) is 5.69 Å². The number of thioether (sulfide) groups is 1. The minimum absolute atomic E-state index is 0.0323. The lowest BCUT2D eigenvalue weighted by molar-refractivity contribution is -0.112. The van der Waals surface area contributed by atoms with Crippen LogP contribution in [0.5, 0.6) is 0 Å². The first kappa shape index (κ1) is 21.3. The maximum Gasteiger partial charge on any atom is 0.205 e. The van der Waals surface area contributed by atoms with E-state index in [9.17, 15) is 4.79 Å². The molecule has 0 atom stereocenters. The Balaban J connectivity index is 1.41. The quantitative estimate of drug-likeness (QED) is 0.282. The monoisotopic (exact) mass is 456 g/mol. The molecule has 0 spiro atoms. The molecule has 3 heterocycles. The molecule has 1 aliphatic rings. The number of nitrogens with zero attached hydrogens (tertiary/aromatic N) is 4. The van der Waals surface area contributed by atoms with Gasteiger partial charge in [-0.15, -0.1) is 10.2 Å². The summed E-state index contributed by atoms with van der Waals surface area (Å²) < 4.78 is 7.48. The van der Waals surface area contributed by atoms with E-state index in [0.717, 1.165) is 17.1 Å². The lowest BCUT2D eigenvalue weighted by atomic mass is 9.83. The standard InChI is InChI=1S/C26H24N4O2S/c1-26(2)20-12-7-8-13-21(20)29(3)23(26)16-19(31)17-33-25-28-27-24(22-14-9-15-32-22)30(25)18-10-5-4-6-11-18/h4-16H,17H2,1-3H3/b23-16-. The molecule has 2 aromatic carbocycles. The van der Waals surface area contributed by atoms with E-state index >= 15 is 0 Å². The zero-order valence-corrected chi connectivity index (χ0v) is 19.5. The van der Waals surface area contributed by atoms with Crippen LogP contribution in [0.2, 0.25) is 0 Å². The Morgan fingerprint density at radius 2 is 1.79 bits per heavy atom. The number of benzene rings is 2. The number of furan rings is 1. The van der Waals surface area contributed by atoms with Gasteiger partial charge in [-0.1, -0.05) is 62.0 Å². The summed E-state index contributed by atoms with van der Waals surface area (Å²) in [7, 11) is 2.02. The number of fused-ring (bicyclic) bond motifs is 1. The highest BCUT2D eigenvalue weighted by Crippen LogP contribution is 2.46. The van der Waals surface area contributed by atoms with Gasteiger partial charge in [0.1, 0.15) is 0 Å². The number of carbonyl (C=O) groups excluding carboxylic acids is 1. The van der Waals surface area contributed by atoms with Crippen LogP contribution < -0.4 is 4.90 Å². The summed E-state index contributed by atoms with van der Waals surface area (Å²) in [6.45, 7) is 4.31. The predicted molar refractivity (Wildman–Crippen MR) is 131 cm³/mol. The SMILES string of the molecule is CN1/C(=C\C(=O)CSc2nnc(-c3ccco3)n2-c2ccccc2)C(C)(C)c2ccccc21. The summed E-state index contributed by atoms with van der Waals surface area (Å²) in [5, 5.41) is 9.34. The molecular formula is C26H24N4O2S. The molecule has 2 aromatic heterocycles. The third-order valence-corrected chi connectivity index (χ3v) is 6.92. The first-order chi connectivity index (χ1) is 16.0. The highest BCUT2D eigenvalue weighted by molar-refractivity contribution is 7.99. The van der Waals surface area contributed by atoms with Crippen LogP contribution in [-0.2, 0) is 10.2 Å². The number of aromatic nitrogens is 3. The van der Waals surface area contributed by atoms with Crippen molar-refractivity contribution in [1.82, 2.24) is 14.8 Å². The molecule has 0 saturated heterocycles. The average Bonchev–Trinajstić information content (AvgIpc) is 3.54. The van der Waals surface area contributed by atoms with E-state index in [1.54, 1.807) is 12.3 Å². The molecule has 33 heavy (non-hydrogen) atoms. The van der Waals surface area contributed by atoms with Crippen LogP contribution in [0.15, 0.2) is 94.3 Å². The summed E-state index contributed by atoms with van der Waals surface area (Å²) in [6.07, 6.45) is 3.38. The third kappa shape index (κ3) is 3.78. The van der Waals surface area contributed by atoms with Crippen LogP contribution >= 0.6 is 11.8 Å². The van der Waals surface area contributed by atoms with Crippen molar-refractivity contribution >= 4 is 23.2 Å². The van der Waals surface area contributed by atoms with E-state index in [1.165, 1.54) is 17.3 Å². The Morgan fingerprint density at radius 3 is 2.52 bits per heavy atom. The van der Waals surface area contributed by atoms with Crippen LogP contribution in [0, 0.1) is 0 Å². The van der Waals surface area contributed by atoms with Gasteiger partial charge in [-0.2, -0.15) is 0 Å². The van der Waals surface area contributed by atoms with E-state index in [-0.39, 0.29) is 17.0 Å². The Labute approximate surface area is 196 Å². The summed E-state index contributed by atoms with van der Waals surface area (Å²) in [4.78, 5) is 15.2. The number of carbonyl (C=O) groups is 1. The van der Waals surface area contributed by atoms with Crippen molar-refractivity contribution in [2.24, 2.45) is 0 Å². The number of rotatable bonds is 6. The van der Waals surface area contributed by atoms with E-state index in [0.29, 0.717) is 16.7 Å². The number of allylic oxidation sites excluding steroid dienone is 2. The smallest absolute Gasteiger partial charge is 0.205 e. The second kappa shape index (κ2) is 8.41. The van der Waals surface area contributed by atoms with Gasteiger partial charge >= 0.3 is 0 Å². The van der Waals surface area contributed by atoms with Crippen molar-refractivity contribution in [3.63, 3.8) is 0 Å². The maximum absolute atomic E-state index is 13.0. The number of anilines is 1. The normalized spacial score (nSPS) is 15.7. The van der Waals surface area contributed by atoms with Crippen molar-refractivity contribution in [2.75, 3.05) is 17.7 Å². The molecule has 0 saturated carbocycles. The Hall–Kier alpha value is -3.58. The Morgan fingerprint density at radius 1 is 1.03 bits per heavy atom. The van der Waals surface area contributed by atoms with Crippen LogP contribution in [0.25, 0.3) is 17.3 Å². The highest BCUT2D eigenvalue weighted by Gasteiger charge is 2.38. The van der Waals surface area contributed by atoms with Crippen LogP contribution in [0.3, 0.4) is 0 Å². The third-order valence-electron chi connectivity index (χ3n) is 5.97. The Kier molecular flexibility index (Phi) is 5.42. The molecular weight excluding hydrogens is 432 g/mol. The van der Waals surface area contributed by atoms with Crippen molar-refractivity contribution in [1.29, 1.82) is 0 Å². The van der Waals surface area contributed by atoms with Gasteiger partial charge in [-0.25, -0.2) is 0 Å². The molecule has 0 amide bonds. The number of likely N-dealkylation sites (N-methyl/N-ethyl adjacent to an activating group) is 1. The molecule has 0 fully saturated rings. The van der Waals surface area contributed by atoms with Gasteiger partial charge < -0.3 is 9.32 Å². The average molecular weight is 457 g/mol. The number of para-hydroxylation sites is 2. The summed E-state index contributed by atoms with van der Waals surface area (Å²) in [5.74, 6) is 1.52. The molecule has 5 rings (SSSR count). The number of ketones is 1. The molecule has 0 radical (unpaired) electrons. The van der Waals surface area contributed by atoms with E-state index < -0.39 is 0 Å². The molecule has 0 aliphatic carbocycles. The predicted octanol–water partition coefficient (Wildman–Crippen LogP) is 5.50. The molecule has 7 heteroatoms. The van der Waals surface area contributed by atoms with Crippen molar-refractivity contribution in [3.8, 4) is 17.3 Å². The van der Waals surface area contributed by atoms with Gasteiger partial charge in [0.25, 0.3) is 0 Å². The largest absolute Gasteiger partial charge is 0.461 e. The molecule has 6 nitrogen and oxygen atoms in total. The highest BCUT2D eigenvalue weighted by atomic mass is 32.2. The molecule has 0 N–H and O–H groups in total. The number of hydrogen-bond acceptors (Lipinski definition) is 6. The van der Waals surface area contributed by atoms with Gasteiger partial charge in [0.2, 0.25) is 5.82 Å². The Bertz CT molecular complexity index is 1320. The van der Waals surface area contributed by atoms with E-state index in [1.807, 2.05) is 66.2 Å². The fourth-order valence-corrected chi connectivity index (χ4v) is 5.10. The van der Waals surface area contributed by atoms with Crippen LogP contribution in [-0.4, -0.2) is 33.3 Å². The zero-order chi connectivity index (χ0) is 23.0. The van der Waals surface area contributed by atoms with Gasteiger partial charge in [-0.3, -0.25) is 9.36 Å². The first-order valence-corrected chi connectivity index (χ1v) is 11.7. The second-order valence-corrected chi connectivity index (χ2v) is 9.38.